The summed E-state index contributed by atoms with van der Waals surface area (Å²) in [5, 5.41) is 0. The molecule has 4 rings (SSSR count). The van der Waals surface area contributed by atoms with E-state index in [1.165, 1.54) is 17.0 Å². The van der Waals surface area contributed by atoms with Crippen LogP contribution in [0.4, 0.5) is 4.39 Å². The lowest BCUT2D eigenvalue weighted by atomic mass is 9.75. The first-order chi connectivity index (χ1) is 14.3. The summed E-state index contributed by atoms with van der Waals surface area (Å²) in [7, 11) is 3.75. The molecular weight excluding hydrogens is 385 g/mol. The molecule has 7 heteroatoms. The summed E-state index contributed by atoms with van der Waals surface area (Å²) in [6.07, 6.45) is 4.13. The van der Waals surface area contributed by atoms with Gasteiger partial charge in [0, 0.05) is 38.5 Å². The number of hydrogen-bond donors (Lipinski definition) is 0. The fourth-order valence-electron chi connectivity index (χ4n) is 5.38. The Kier molecular flexibility index (Phi) is 5.66. The van der Waals surface area contributed by atoms with Crippen LogP contribution in [0.5, 0.6) is 0 Å². The van der Waals surface area contributed by atoms with Gasteiger partial charge in [0.15, 0.2) is 0 Å². The molecule has 0 aromatic heterocycles. The van der Waals surface area contributed by atoms with Crippen molar-refractivity contribution in [2.24, 2.45) is 5.92 Å². The van der Waals surface area contributed by atoms with Crippen LogP contribution in [0.25, 0.3) is 0 Å². The first-order valence-corrected chi connectivity index (χ1v) is 10.9. The molecule has 2 aliphatic heterocycles. The van der Waals surface area contributed by atoms with Crippen LogP contribution in [0.2, 0.25) is 0 Å². The van der Waals surface area contributed by atoms with Crippen LogP contribution < -0.4 is 0 Å². The number of hydrogen-bond acceptors (Lipinski definition) is 4. The zero-order chi connectivity index (χ0) is 21.5. The van der Waals surface area contributed by atoms with Crippen molar-refractivity contribution in [3.05, 3.63) is 35.6 Å². The number of likely N-dealkylation sites (N-methyl/N-ethyl adjacent to an activating group) is 1. The van der Waals surface area contributed by atoms with Gasteiger partial charge in [0.1, 0.15) is 5.82 Å². The number of benzene rings is 1. The van der Waals surface area contributed by atoms with E-state index in [0.29, 0.717) is 18.0 Å². The van der Waals surface area contributed by atoms with E-state index in [4.69, 9.17) is 0 Å². The highest BCUT2D eigenvalue weighted by molar-refractivity contribution is 6.10. The first kappa shape index (κ1) is 21.0. The van der Waals surface area contributed by atoms with Gasteiger partial charge in [-0.1, -0.05) is 18.6 Å². The van der Waals surface area contributed by atoms with Gasteiger partial charge in [-0.05, 0) is 57.0 Å². The molecule has 2 saturated heterocycles. The Morgan fingerprint density at radius 3 is 2.77 bits per heavy atom. The zero-order valence-electron chi connectivity index (χ0n) is 17.8. The maximum absolute atomic E-state index is 14.1. The van der Waals surface area contributed by atoms with Gasteiger partial charge in [0.2, 0.25) is 17.7 Å². The molecule has 1 aromatic carbocycles. The van der Waals surface area contributed by atoms with Crippen molar-refractivity contribution >= 4 is 17.7 Å². The third kappa shape index (κ3) is 3.75. The van der Waals surface area contributed by atoms with Gasteiger partial charge in [-0.15, -0.1) is 0 Å². The monoisotopic (exact) mass is 415 g/mol. The SMILES string of the molecule is CN(C)CCN1C(=O)C[C@](CC(=O)N2C[C@@H]3CCC[C@H]2C3)(c2cccc(F)c2)C1=O. The Balaban J connectivity index is 1.64. The summed E-state index contributed by atoms with van der Waals surface area (Å²) in [6, 6.07) is 6.06. The molecule has 3 atom stereocenters. The third-order valence-electron chi connectivity index (χ3n) is 6.98. The van der Waals surface area contributed by atoms with Crippen molar-refractivity contribution in [3.63, 3.8) is 0 Å². The Labute approximate surface area is 177 Å². The lowest BCUT2D eigenvalue weighted by molar-refractivity contribution is -0.143. The summed E-state index contributed by atoms with van der Waals surface area (Å²) in [5.74, 6) is -0.697. The van der Waals surface area contributed by atoms with Gasteiger partial charge in [-0.3, -0.25) is 19.3 Å². The maximum atomic E-state index is 14.1. The number of halogens is 1. The quantitative estimate of drug-likeness (QED) is 0.668. The molecular formula is C23H30FN3O3. The molecule has 1 aliphatic carbocycles. The van der Waals surface area contributed by atoms with E-state index >= 15 is 0 Å². The summed E-state index contributed by atoms with van der Waals surface area (Å²) in [4.78, 5) is 44.8. The van der Waals surface area contributed by atoms with Crippen LogP contribution in [-0.2, 0) is 19.8 Å². The van der Waals surface area contributed by atoms with Crippen molar-refractivity contribution in [1.29, 1.82) is 0 Å². The molecule has 3 amide bonds. The number of rotatable bonds is 6. The number of carbonyl (C=O) groups is 3. The number of amides is 3. The minimum atomic E-state index is -1.32. The average Bonchev–Trinajstić information content (AvgIpc) is 3.13. The molecule has 2 heterocycles. The lowest BCUT2D eigenvalue weighted by Gasteiger charge is -2.31. The predicted octanol–water partition coefficient (Wildman–Crippen LogP) is 2.18. The number of carbonyl (C=O) groups excluding carboxylic acids is 3. The molecule has 0 unspecified atom stereocenters. The molecule has 6 nitrogen and oxygen atoms in total. The molecule has 2 bridgehead atoms. The highest BCUT2D eigenvalue weighted by Gasteiger charge is 2.54. The Morgan fingerprint density at radius 1 is 1.27 bits per heavy atom. The van der Waals surface area contributed by atoms with E-state index < -0.39 is 11.2 Å². The number of nitrogens with zero attached hydrogens (tertiary/aromatic N) is 3. The van der Waals surface area contributed by atoms with Crippen LogP contribution >= 0.6 is 0 Å². The zero-order valence-corrected chi connectivity index (χ0v) is 17.8. The third-order valence-corrected chi connectivity index (χ3v) is 6.98. The van der Waals surface area contributed by atoms with Gasteiger partial charge < -0.3 is 9.80 Å². The summed E-state index contributed by atoms with van der Waals surface area (Å²) >= 11 is 0. The van der Waals surface area contributed by atoms with E-state index in [2.05, 4.69) is 0 Å². The second kappa shape index (κ2) is 8.10. The van der Waals surface area contributed by atoms with Crippen molar-refractivity contribution in [2.45, 2.75) is 50.0 Å². The highest BCUT2D eigenvalue weighted by atomic mass is 19.1. The van der Waals surface area contributed by atoms with Crippen molar-refractivity contribution in [2.75, 3.05) is 33.7 Å². The number of imide groups is 1. The molecule has 0 N–H and O–H groups in total. The van der Waals surface area contributed by atoms with E-state index in [9.17, 15) is 18.8 Å². The second-order valence-corrected chi connectivity index (χ2v) is 9.33. The molecule has 3 fully saturated rings. The number of likely N-dealkylation sites (tertiary alicyclic amines) is 2. The molecule has 162 valence electrons. The standard InChI is InChI=1S/C23H30FN3O3/c1-25(2)9-10-26-20(28)13-23(22(26)30,17-6-4-7-18(24)12-17)14-21(29)27-15-16-5-3-8-19(27)11-16/h4,6-7,12,16,19H,3,5,8-11,13-15H2,1-2H3/t16-,19+,23+/m1/s1. The smallest absolute Gasteiger partial charge is 0.240 e. The van der Waals surface area contributed by atoms with Crippen molar-refractivity contribution in [3.8, 4) is 0 Å². The van der Waals surface area contributed by atoms with E-state index in [1.54, 1.807) is 12.1 Å². The normalized spacial score (nSPS) is 28.7. The van der Waals surface area contributed by atoms with Crippen LogP contribution in [0.15, 0.2) is 24.3 Å². The van der Waals surface area contributed by atoms with E-state index in [0.717, 1.165) is 32.2 Å². The molecule has 1 aromatic rings. The van der Waals surface area contributed by atoms with Crippen molar-refractivity contribution < 1.29 is 18.8 Å². The fourth-order valence-corrected chi connectivity index (χ4v) is 5.38. The molecule has 0 spiro atoms. The van der Waals surface area contributed by atoms with Crippen LogP contribution in [-0.4, -0.2) is 72.2 Å². The number of fused-ring (bicyclic) bond motifs is 2. The molecule has 3 aliphatic rings. The van der Waals surface area contributed by atoms with Gasteiger partial charge >= 0.3 is 0 Å². The lowest BCUT2D eigenvalue weighted by Crippen LogP contribution is -2.45. The van der Waals surface area contributed by atoms with Crippen LogP contribution in [0.1, 0.15) is 44.1 Å². The molecule has 0 radical (unpaired) electrons. The predicted molar refractivity (Wildman–Crippen MR) is 110 cm³/mol. The van der Waals surface area contributed by atoms with Crippen molar-refractivity contribution in [1.82, 2.24) is 14.7 Å². The Bertz CT molecular complexity index is 858. The highest BCUT2D eigenvalue weighted by Crippen LogP contribution is 2.42. The second-order valence-electron chi connectivity index (χ2n) is 9.33. The van der Waals surface area contributed by atoms with Gasteiger partial charge in [-0.25, -0.2) is 4.39 Å². The van der Waals surface area contributed by atoms with Gasteiger partial charge in [0.25, 0.3) is 0 Å². The minimum Gasteiger partial charge on any atom is -0.339 e. The topological polar surface area (TPSA) is 60.9 Å². The Hall–Kier alpha value is -2.28. The molecule has 1 saturated carbocycles. The maximum Gasteiger partial charge on any atom is 0.240 e. The summed E-state index contributed by atoms with van der Waals surface area (Å²) in [6.45, 7) is 1.54. The van der Waals surface area contributed by atoms with Crippen LogP contribution in [0, 0.1) is 11.7 Å². The summed E-state index contributed by atoms with van der Waals surface area (Å²) < 4.78 is 14.1. The van der Waals surface area contributed by atoms with Gasteiger partial charge in [-0.2, -0.15) is 0 Å². The van der Waals surface area contributed by atoms with Crippen LogP contribution in [0.3, 0.4) is 0 Å². The molecule has 30 heavy (non-hydrogen) atoms. The van der Waals surface area contributed by atoms with E-state index in [1.807, 2.05) is 23.9 Å². The summed E-state index contributed by atoms with van der Waals surface area (Å²) in [5.41, 5.74) is -0.900. The average molecular weight is 416 g/mol. The minimum absolute atomic E-state index is 0.0806. The largest absolute Gasteiger partial charge is 0.339 e. The fraction of sp³-hybridized carbons (Fsp3) is 0.609. The van der Waals surface area contributed by atoms with E-state index in [-0.39, 0.29) is 43.1 Å². The Morgan fingerprint density at radius 2 is 2.07 bits per heavy atom. The first-order valence-electron chi connectivity index (χ1n) is 10.9. The van der Waals surface area contributed by atoms with Gasteiger partial charge in [0.05, 0.1) is 5.41 Å².